The number of methoxy groups -OCH3 is 1. The van der Waals surface area contributed by atoms with Crippen molar-refractivity contribution in [3.63, 3.8) is 0 Å². The van der Waals surface area contributed by atoms with Crippen LogP contribution in [0.5, 0.6) is 5.75 Å². The fourth-order valence-corrected chi connectivity index (χ4v) is 2.79. The van der Waals surface area contributed by atoms with Crippen molar-refractivity contribution in [2.75, 3.05) is 37.1 Å². The normalized spacial score (nSPS) is 12.6. The average Bonchev–Trinajstić information content (AvgIpc) is 3.05. The SMILES string of the molecule is COCC(=O)N1CCc2ccc(NC(=O)COc3ccc(F)cc3)cc21. The molecule has 0 radical (unpaired) electrons. The molecule has 1 aliphatic heterocycles. The van der Waals surface area contributed by atoms with Gasteiger partial charge in [-0.2, -0.15) is 0 Å². The van der Waals surface area contributed by atoms with Gasteiger partial charge in [-0.25, -0.2) is 4.39 Å². The van der Waals surface area contributed by atoms with Crippen molar-refractivity contribution in [1.29, 1.82) is 0 Å². The number of benzene rings is 2. The molecule has 0 fully saturated rings. The van der Waals surface area contributed by atoms with E-state index < -0.39 is 0 Å². The maximum atomic E-state index is 12.8. The van der Waals surface area contributed by atoms with Crippen LogP contribution in [0.4, 0.5) is 15.8 Å². The van der Waals surface area contributed by atoms with Crippen LogP contribution in [0.3, 0.4) is 0 Å². The number of carbonyl (C=O) groups is 2. The van der Waals surface area contributed by atoms with Gasteiger partial charge in [0.2, 0.25) is 0 Å². The van der Waals surface area contributed by atoms with Crippen LogP contribution in [0, 0.1) is 5.82 Å². The van der Waals surface area contributed by atoms with E-state index in [9.17, 15) is 14.0 Å². The highest BCUT2D eigenvalue weighted by Gasteiger charge is 2.24. The second-order valence-electron chi connectivity index (χ2n) is 5.86. The number of ether oxygens (including phenoxy) is 2. The Labute approximate surface area is 150 Å². The summed E-state index contributed by atoms with van der Waals surface area (Å²) in [5.74, 6) is -0.421. The maximum absolute atomic E-state index is 12.8. The number of nitrogens with one attached hydrogen (secondary N) is 1. The molecule has 7 heteroatoms. The standard InChI is InChI=1S/C19H19FN2O4/c1-25-12-19(24)22-9-8-13-2-5-15(10-17(13)22)21-18(23)11-26-16-6-3-14(20)4-7-16/h2-7,10H,8-9,11-12H2,1H3,(H,21,23). The molecule has 0 saturated carbocycles. The molecule has 2 aromatic carbocycles. The zero-order valence-corrected chi connectivity index (χ0v) is 14.3. The second-order valence-corrected chi connectivity index (χ2v) is 5.86. The predicted molar refractivity (Wildman–Crippen MR) is 94.9 cm³/mol. The third-order valence-corrected chi connectivity index (χ3v) is 4.02. The Balaban J connectivity index is 1.61. The minimum Gasteiger partial charge on any atom is -0.484 e. The molecule has 2 aromatic rings. The third kappa shape index (κ3) is 4.18. The van der Waals surface area contributed by atoms with Crippen molar-refractivity contribution in [1.82, 2.24) is 0 Å². The van der Waals surface area contributed by atoms with Crippen molar-refractivity contribution >= 4 is 23.2 Å². The summed E-state index contributed by atoms with van der Waals surface area (Å²) >= 11 is 0. The van der Waals surface area contributed by atoms with Crippen molar-refractivity contribution < 1.29 is 23.5 Å². The zero-order valence-electron chi connectivity index (χ0n) is 14.3. The lowest BCUT2D eigenvalue weighted by Crippen LogP contribution is -2.32. The summed E-state index contributed by atoms with van der Waals surface area (Å²) in [5.41, 5.74) is 2.41. The van der Waals surface area contributed by atoms with Gasteiger partial charge in [0, 0.05) is 25.0 Å². The maximum Gasteiger partial charge on any atom is 0.262 e. The molecule has 136 valence electrons. The number of anilines is 2. The summed E-state index contributed by atoms with van der Waals surface area (Å²) < 4.78 is 23.1. The van der Waals surface area contributed by atoms with Crippen LogP contribution in [0.2, 0.25) is 0 Å². The molecule has 2 amide bonds. The number of rotatable bonds is 6. The molecule has 0 spiro atoms. The number of hydrogen-bond donors (Lipinski definition) is 1. The van der Waals surface area contributed by atoms with Gasteiger partial charge >= 0.3 is 0 Å². The smallest absolute Gasteiger partial charge is 0.262 e. The zero-order chi connectivity index (χ0) is 18.5. The lowest BCUT2D eigenvalue weighted by molar-refractivity contribution is -0.122. The molecule has 6 nitrogen and oxygen atoms in total. The molecule has 1 aliphatic rings. The van der Waals surface area contributed by atoms with Crippen LogP contribution in [0.25, 0.3) is 0 Å². The number of halogens is 1. The van der Waals surface area contributed by atoms with Crippen molar-refractivity contribution in [2.45, 2.75) is 6.42 Å². The minimum atomic E-state index is -0.368. The quantitative estimate of drug-likeness (QED) is 0.861. The molecule has 0 aliphatic carbocycles. The van der Waals surface area contributed by atoms with Crippen LogP contribution in [-0.2, 0) is 20.7 Å². The second kappa shape index (κ2) is 7.97. The van der Waals surface area contributed by atoms with Gasteiger partial charge in [0.15, 0.2) is 6.61 Å². The molecule has 0 bridgehead atoms. The van der Waals surface area contributed by atoms with Crippen molar-refractivity contribution in [2.24, 2.45) is 0 Å². The highest BCUT2D eigenvalue weighted by Crippen LogP contribution is 2.31. The number of fused-ring (bicyclic) bond motifs is 1. The predicted octanol–water partition coefficient (Wildman–Crippen LogP) is 2.38. The highest BCUT2D eigenvalue weighted by molar-refractivity contribution is 5.98. The average molecular weight is 358 g/mol. The fraction of sp³-hybridized carbons (Fsp3) is 0.263. The van der Waals surface area contributed by atoms with Gasteiger partial charge < -0.3 is 19.7 Å². The largest absolute Gasteiger partial charge is 0.484 e. The Bertz CT molecular complexity index is 808. The molecule has 1 N–H and O–H groups in total. The lowest BCUT2D eigenvalue weighted by atomic mass is 10.1. The fourth-order valence-electron chi connectivity index (χ4n) is 2.79. The van der Waals surface area contributed by atoms with Gasteiger partial charge in [-0.1, -0.05) is 6.07 Å². The van der Waals surface area contributed by atoms with Gasteiger partial charge in [-0.3, -0.25) is 9.59 Å². The van der Waals surface area contributed by atoms with E-state index in [0.29, 0.717) is 18.0 Å². The van der Waals surface area contributed by atoms with E-state index in [1.54, 1.807) is 17.0 Å². The van der Waals surface area contributed by atoms with Crippen LogP contribution < -0.4 is 15.0 Å². The molecule has 0 unspecified atom stereocenters. The molecule has 0 atom stereocenters. The van der Waals surface area contributed by atoms with Gasteiger partial charge in [0.25, 0.3) is 11.8 Å². The van der Waals surface area contributed by atoms with Crippen LogP contribution in [0.15, 0.2) is 42.5 Å². The molecular formula is C19H19FN2O4. The van der Waals surface area contributed by atoms with E-state index in [1.165, 1.54) is 31.4 Å². The van der Waals surface area contributed by atoms with Crippen LogP contribution in [-0.4, -0.2) is 38.7 Å². The van der Waals surface area contributed by atoms with E-state index in [1.807, 2.05) is 6.07 Å². The van der Waals surface area contributed by atoms with Gasteiger partial charge in [-0.05, 0) is 48.4 Å². The lowest BCUT2D eigenvalue weighted by Gasteiger charge is -2.17. The Morgan fingerprint density at radius 1 is 1.15 bits per heavy atom. The summed E-state index contributed by atoms with van der Waals surface area (Å²) in [4.78, 5) is 25.8. The Morgan fingerprint density at radius 3 is 2.65 bits per heavy atom. The first-order valence-corrected chi connectivity index (χ1v) is 8.17. The number of carbonyl (C=O) groups excluding carboxylic acids is 2. The van der Waals surface area contributed by atoms with Crippen LogP contribution >= 0.6 is 0 Å². The number of nitrogens with zero attached hydrogens (tertiary/aromatic N) is 1. The van der Waals surface area contributed by atoms with E-state index in [-0.39, 0.29) is 30.8 Å². The first-order chi connectivity index (χ1) is 12.6. The molecule has 3 rings (SSSR count). The summed E-state index contributed by atoms with van der Waals surface area (Å²) in [7, 11) is 1.48. The van der Waals surface area contributed by atoms with Gasteiger partial charge in [0.1, 0.15) is 18.2 Å². The van der Waals surface area contributed by atoms with E-state index in [4.69, 9.17) is 9.47 Å². The Kier molecular flexibility index (Phi) is 5.48. The highest BCUT2D eigenvalue weighted by atomic mass is 19.1. The molecule has 0 aromatic heterocycles. The van der Waals surface area contributed by atoms with Crippen molar-refractivity contribution in [3.05, 3.63) is 53.8 Å². The molecule has 1 heterocycles. The Hall–Kier alpha value is -2.93. The van der Waals surface area contributed by atoms with E-state index in [2.05, 4.69) is 5.32 Å². The number of hydrogen-bond acceptors (Lipinski definition) is 4. The summed E-state index contributed by atoms with van der Waals surface area (Å²) in [5, 5.41) is 2.74. The summed E-state index contributed by atoms with van der Waals surface area (Å²) in [6.45, 7) is 0.416. The monoisotopic (exact) mass is 358 g/mol. The topological polar surface area (TPSA) is 67.9 Å². The Morgan fingerprint density at radius 2 is 1.92 bits per heavy atom. The van der Waals surface area contributed by atoms with E-state index >= 15 is 0 Å². The molecule has 0 saturated heterocycles. The molecule has 26 heavy (non-hydrogen) atoms. The molecular weight excluding hydrogens is 339 g/mol. The van der Waals surface area contributed by atoms with Gasteiger partial charge in [-0.15, -0.1) is 0 Å². The first kappa shape index (κ1) is 17.9. The van der Waals surface area contributed by atoms with Crippen molar-refractivity contribution in [3.8, 4) is 5.75 Å². The van der Waals surface area contributed by atoms with Gasteiger partial charge in [0.05, 0.1) is 0 Å². The third-order valence-electron chi connectivity index (χ3n) is 4.02. The van der Waals surface area contributed by atoms with Crippen LogP contribution in [0.1, 0.15) is 5.56 Å². The summed E-state index contributed by atoms with van der Waals surface area (Å²) in [6.07, 6.45) is 0.771. The van der Waals surface area contributed by atoms with E-state index in [0.717, 1.165) is 17.7 Å². The number of amides is 2. The first-order valence-electron chi connectivity index (χ1n) is 8.17. The minimum absolute atomic E-state index is 0.0154. The summed E-state index contributed by atoms with van der Waals surface area (Å²) in [6, 6.07) is 10.9.